The average molecular weight is 217 g/mol. The third-order valence-electron chi connectivity index (χ3n) is 1.81. The molecule has 0 aromatic heterocycles. The number of nitrogens with one attached hydrogen (secondary N) is 1. The smallest absolute Gasteiger partial charge is 0.243 e. The van der Waals surface area contributed by atoms with Crippen LogP contribution in [0.3, 0.4) is 0 Å². The second kappa shape index (κ2) is 13.1. The maximum atomic E-state index is 10.5. The maximum Gasteiger partial charge on any atom is 0.243 e. The van der Waals surface area contributed by atoms with E-state index in [0.29, 0.717) is 12.8 Å². The number of hydrogen-bond donors (Lipinski definition) is 2. The number of rotatable bonds is 7. The van der Waals surface area contributed by atoms with Crippen LogP contribution in [0.2, 0.25) is 0 Å². The molecule has 90 valence electrons. The van der Waals surface area contributed by atoms with E-state index in [1.807, 2.05) is 13.8 Å². The molecule has 0 spiro atoms. The molecule has 1 amide bonds. The first-order chi connectivity index (χ1) is 7.16. The van der Waals surface area contributed by atoms with Crippen molar-refractivity contribution in [2.75, 3.05) is 0 Å². The van der Waals surface area contributed by atoms with Gasteiger partial charge in [-0.15, -0.1) is 0 Å². The second-order valence-corrected chi connectivity index (χ2v) is 3.15. The van der Waals surface area contributed by atoms with E-state index in [1.54, 1.807) is 12.4 Å². The molecule has 0 saturated heterocycles. The summed E-state index contributed by atoms with van der Waals surface area (Å²) in [6.45, 7) is 5.58. The Bertz CT molecular complexity index is 169. The molecule has 0 heterocycles. The lowest BCUT2D eigenvalue weighted by Crippen LogP contribution is -2.17. The molecule has 2 N–H and O–H groups in total. The minimum Gasteiger partial charge on any atom is -0.300 e. The normalized spacial score (nSPS) is 8.80. The van der Waals surface area contributed by atoms with Crippen LogP contribution in [-0.2, 0) is 9.59 Å². The van der Waals surface area contributed by atoms with Crippen LogP contribution in [0, 0.1) is 0 Å². The molecule has 0 aliphatic carbocycles. The number of carbonyl (C=O) groups excluding carboxylic acids is 2. The van der Waals surface area contributed by atoms with E-state index in [9.17, 15) is 9.59 Å². The summed E-state index contributed by atoms with van der Waals surface area (Å²) in [7, 11) is 0. The lowest BCUT2D eigenvalue weighted by molar-refractivity contribution is -0.129. The van der Waals surface area contributed by atoms with Gasteiger partial charge in [0.1, 0.15) is 5.78 Å². The summed E-state index contributed by atoms with van der Waals surface area (Å²) in [5.74, 6) is -0.125. The number of carbonyl (C=O) groups is 2. The van der Waals surface area contributed by atoms with Crippen LogP contribution in [0.15, 0.2) is 0 Å². The van der Waals surface area contributed by atoms with Crippen molar-refractivity contribution in [2.24, 2.45) is 0 Å². The van der Waals surface area contributed by atoms with Gasteiger partial charge in [-0.3, -0.25) is 10.0 Å². The van der Waals surface area contributed by atoms with Gasteiger partial charge in [-0.1, -0.05) is 26.7 Å². The van der Waals surface area contributed by atoms with Crippen molar-refractivity contribution in [3.63, 3.8) is 0 Å². The molecule has 4 heteroatoms. The standard InChI is InChI=1S/C9H17NO3.C2H6/c1-8(11)6-4-2-3-5-7-9(12)10-13;1-2/h13H,2-7H2,1H3,(H,10,12);1-2H3. The monoisotopic (exact) mass is 217 g/mol. The molecule has 4 nitrogen and oxygen atoms in total. The minimum absolute atomic E-state index is 0.216. The summed E-state index contributed by atoms with van der Waals surface area (Å²) < 4.78 is 0. The zero-order chi connectivity index (χ0) is 12.1. The van der Waals surface area contributed by atoms with Gasteiger partial charge in [-0.25, -0.2) is 5.48 Å². The van der Waals surface area contributed by atoms with Crippen molar-refractivity contribution < 1.29 is 14.8 Å². The highest BCUT2D eigenvalue weighted by molar-refractivity contribution is 5.75. The summed E-state index contributed by atoms with van der Waals surface area (Å²) >= 11 is 0. The highest BCUT2D eigenvalue weighted by Crippen LogP contribution is 2.05. The highest BCUT2D eigenvalue weighted by Gasteiger charge is 1.98. The molecule has 0 atom stereocenters. The zero-order valence-corrected chi connectivity index (χ0v) is 10.0. The van der Waals surface area contributed by atoms with E-state index >= 15 is 0 Å². The Hall–Kier alpha value is -0.900. The molecule has 0 aliphatic heterocycles. The fraction of sp³-hybridized carbons (Fsp3) is 0.818. The van der Waals surface area contributed by atoms with Crippen LogP contribution in [0.25, 0.3) is 0 Å². The fourth-order valence-electron chi connectivity index (χ4n) is 1.07. The van der Waals surface area contributed by atoms with Crippen molar-refractivity contribution in [1.29, 1.82) is 0 Å². The van der Waals surface area contributed by atoms with Gasteiger partial charge in [0, 0.05) is 12.8 Å². The van der Waals surface area contributed by atoms with E-state index in [1.165, 1.54) is 0 Å². The van der Waals surface area contributed by atoms with Crippen LogP contribution < -0.4 is 5.48 Å². The molecule has 0 aromatic carbocycles. The van der Waals surface area contributed by atoms with E-state index in [4.69, 9.17) is 5.21 Å². The third kappa shape index (κ3) is 15.8. The van der Waals surface area contributed by atoms with Gasteiger partial charge in [0.15, 0.2) is 0 Å². The summed E-state index contributed by atoms with van der Waals surface area (Å²) in [5, 5.41) is 8.17. The van der Waals surface area contributed by atoms with Gasteiger partial charge in [0.25, 0.3) is 0 Å². The average Bonchev–Trinajstić information content (AvgIpc) is 2.25. The van der Waals surface area contributed by atoms with Gasteiger partial charge in [-0.05, 0) is 19.8 Å². The Labute approximate surface area is 92.0 Å². The van der Waals surface area contributed by atoms with Crippen LogP contribution >= 0.6 is 0 Å². The fourth-order valence-corrected chi connectivity index (χ4v) is 1.07. The molecular weight excluding hydrogens is 194 g/mol. The summed E-state index contributed by atoms with van der Waals surface area (Å²) in [6.07, 6.45) is 4.56. The van der Waals surface area contributed by atoms with E-state index in [0.717, 1.165) is 25.7 Å². The number of amides is 1. The summed E-state index contributed by atoms with van der Waals surface area (Å²) in [5.41, 5.74) is 1.58. The number of hydroxylamine groups is 1. The van der Waals surface area contributed by atoms with Crippen molar-refractivity contribution in [1.82, 2.24) is 5.48 Å². The first-order valence-corrected chi connectivity index (χ1v) is 5.59. The van der Waals surface area contributed by atoms with Gasteiger partial charge in [-0.2, -0.15) is 0 Å². The highest BCUT2D eigenvalue weighted by atomic mass is 16.5. The second-order valence-electron chi connectivity index (χ2n) is 3.15. The number of hydrogen-bond acceptors (Lipinski definition) is 3. The largest absolute Gasteiger partial charge is 0.300 e. The van der Waals surface area contributed by atoms with Crippen LogP contribution in [0.4, 0.5) is 0 Å². The van der Waals surface area contributed by atoms with Gasteiger partial charge in [0.2, 0.25) is 5.91 Å². The topological polar surface area (TPSA) is 66.4 Å². The Morgan fingerprint density at radius 2 is 1.47 bits per heavy atom. The van der Waals surface area contributed by atoms with Crippen molar-refractivity contribution >= 4 is 11.7 Å². The third-order valence-corrected chi connectivity index (χ3v) is 1.81. The molecule has 0 aromatic rings. The molecule has 0 bridgehead atoms. The molecular formula is C11H23NO3. The first-order valence-electron chi connectivity index (χ1n) is 5.59. The van der Waals surface area contributed by atoms with Crippen molar-refractivity contribution in [3.05, 3.63) is 0 Å². The zero-order valence-electron chi connectivity index (χ0n) is 10.0. The lowest BCUT2D eigenvalue weighted by Gasteiger charge is -1.99. The van der Waals surface area contributed by atoms with Gasteiger partial charge in [0.05, 0.1) is 0 Å². The van der Waals surface area contributed by atoms with Crippen LogP contribution in [0.5, 0.6) is 0 Å². The number of Topliss-reactive ketones (excluding diaryl/α,β-unsaturated/α-hetero) is 1. The number of unbranched alkanes of at least 4 members (excludes halogenated alkanes) is 3. The molecule has 0 rings (SSSR count). The molecule has 0 saturated carbocycles. The quantitative estimate of drug-likeness (QED) is 0.391. The van der Waals surface area contributed by atoms with Crippen molar-refractivity contribution in [3.8, 4) is 0 Å². The van der Waals surface area contributed by atoms with Gasteiger partial charge < -0.3 is 4.79 Å². The van der Waals surface area contributed by atoms with Crippen LogP contribution in [0.1, 0.15) is 59.3 Å². The first kappa shape index (κ1) is 16.5. The van der Waals surface area contributed by atoms with Gasteiger partial charge >= 0.3 is 0 Å². The summed E-state index contributed by atoms with van der Waals surface area (Å²) in [6, 6.07) is 0. The molecule has 15 heavy (non-hydrogen) atoms. The Morgan fingerprint density at radius 1 is 1.00 bits per heavy atom. The van der Waals surface area contributed by atoms with Crippen LogP contribution in [-0.4, -0.2) is 16.9 Å². The Kier molecular flexibility index (Phi) is 14.4. The van der Waals surface area contributed by atoms with Crippen molar-refractivity contribution in [2.45, 2.75) is 59.3 Å². The van der Waals surface area contributed by atoms with E-state index in [-0.39, 0.29) is 11.7 Å². The van der Waals surface area contributed by atoms with E-state index in [2.05, 4.69) is 0 Å². The number of ketones is 1. The molecule has 0 fully saturated rings. The summed E-state index contributed by atoms with van der Waals surface area (Å²) in [4.78, 5) is 21.1. The Morgan fingerprint density at radius 3 is 1.87 bits per heavy atom. The molecule has 0 unspecified atom stereocenters. The predicted octanol–water partition coefficient (Wildman–Crippen LogP) is 2.45. The maximum absolute atomic E-state index is 10.5. The predicted molar refractivity (Wildman–Crippen MR) is 59.7 cm³/mol. The SMILES string of the molecule is CC.CC(=O)CCCCCCC(=O)NO. The molecule has 0 radical (unpaired) electrons. The Balaban J connectivity index is 0. The minimum atomic E-state index is -0.341. The van der Waals surface area contributed by atoms with E-state index < -0.39 is 0 Å². The molecule has 0 aliphatic rings. The lowest BCUT2D eigenvalue weighted by atomic mass is 10.1.